The van der Waals surface area contributed by atoms with Crippen molar-refractivity contribution in [2.45, 2.75) is 13.0 Å². The van der Waals surface area contributed by atoms with Gasteiger partial charge in [-0.1, -0.05) is 18.2 Å². The standard InChI is InChI=1S/C20H15N3O6/c1-12(28-20(24)15-10-14-4-2-3-5-17(14)27-11-15)18-21-22-19(29-18)13-6-8-16(9-7-13)23(25)26/h2-10,12H,11H2,1H3. The zero-order chi connectivity index (χ0) is 20.4. The Kier molecular flexibility index (Phi) is 4.78. The molecular formula is C20H15N3O6. The highest BCUT2D eigenvalue weighted by Gasteiger charge is 2.24. The molecule has 9 nitrogen and oxygen atoms in total. The van der Waals surface area contributed by atoms with E-state index in [1.807, 2.05) is 24.3 Å². The molecule has 1 aromatic heterocycles. The van der Waals surface area contributed by atoms with Crippen LogP contribution in [0.15, 0.2) is 58.5 Å². The van der Waals surface area contributed by atoms with Gasteiger partial charge in [0.1, 0.15) is 12.4 Å². The number of non-ortho nitro benzene ring substituents is 1. The molecule has 1 aliphatic heterocycles. The highest BCUT2D eigenvalue weighted by atomic mass is 16.6. The van der Waals surface area contributed by atoms with Crippen LogP contribution in [0.5, 0.6) is 5.75 Å². The Bertz CT molecular complexity index is 1100. The predicted octanol–water partition coefficient (Wildman–Crippen LogP) is 3.73. The molecule has 0 N–H and O–H groups in total. The first-order valence-electron chi connectivity index (χ1n) is 8.73. The van der Waals surface area contributed by atoms with Gasteiger partial charge in [-0.25, -0.2) is 4.79 Å². The third kappa shape index (κ3) is 3.84. The van der Waals surface area contributed by atoms with E-state index in [0.717, 1.165) is 5.56 Å². The summed E-state index contributed by atoms with van der Waals surface area (Å²) in [7, 11) is 0. The quantitative estimate of drug-likeness (QED) is 0.366. The Morgan fingerprint density at radius 3 is 2.69 bits per heavy atom. The van der Waals surface area contributed by atoms with Crippen LogP contribution in [-0.2, 0) is 9.53 Å². The number of hydrogen-bond acceptors (Lipinski definition) is 8. The van der Waals surface area contributed by atoms with E-state index >= 15 is 0 Å². The molecule has 2 aromatic carbocycles. The summed E-state index contributed by atoms with van der Waals surface area (Å²) < 4.78 is 16.5. The van der Waals surface area contributed by atoms with E-state index in [2.05, 4.69) is 10.2 Å². The van der Waals surface area contributed by atoms with Gasteiger partial charge in [-0.15, -0.1) is 10.2 Å². The minimum atomic E-state index is -0.778. The number of nitro groups is 1. The lowest BCUT2D eigenvalue weighted by molar-refractivity contribution is -0.384. The van der Waals surface area contributed by atoms with Gasteiger partial charge in [0, 0.05) is 23.3 Å². The van der Waals surface area contributed by atoms with Crippen molar-refractivity contribution in [1.29, 1.82) is 0 Å². The van der Waals surface area contributed by atoms with Gasteiger partial charge in [0.25, 0.3) is 11.6 Å². The molecule has 0 spiro atoms. The van der Waals surface area contributed by atoms with E-state index in [9.17, 15) is 14.9 Å². The van der Waals surface area contributed by atoms with Crippen molar-refractivity contribution in [2.24, 2.45) is 0 Å². The van der Waals surface area contributed by atoms with Crippen molar-refractivity contribution in [1.82, 2.24) is 10.2 Å². The second-order valence-corrected chi connectivity index (χ2v) is 6.29. The fourth-order valence-electron chi connectivity index (χ4n) is 2.76. The first-order valence-corrected chi connectivity index (χ1v) is 8.73. The van der Waals surface area contributed by atoms with Crippen LogP contribution in [0.3, 0.4) is 0 Å². The van der Waals surface area contributed by atoms with Crippen LogP contribution in [0, 0.1) is 10.1 Å². The largest absolute Gasteiger partial charge is 0.488 e. The number of esters is 1. The molecule has 0 aliphatic carbocycles. The van der Waals surface area contributed by atoms with E-state index in [1.54, 1.807) is 13.0 Å². The minimum Gasteiger partial charge on any atom is -0.488 e. The number of hydrogen-bond donors (Lipinski definition) is 0. The SMILES string of the molecule is CC(OC(=O)C1=Cc2ccccc2OC1)c1nnc(-c2ccc([N+](=O)[O-])cc2)o1. The van der Waals surface area contributed by atoms with Gasteiger partial charge in [-0.05, 0) is 31.2 Å². The lowest BCUT2D eigenvalue weighted by atomic mass is 10.1. The summed E-state index contributed by atoms with van der Waals surface area (Å²) in [5.74, 6) is 0.459. The molecule has 0 amide bonds. The first-order chi connectivity index (χ1) is 14.0. The van der Waals surface area contributed by atoms with Crippen molar-refractivity contribution < 1.29 is 23.6 Å². The molecule has 2 heterocycles. The Morgan fingerprint density at radius 1 is 1.17 bits per heavy atom. The molecule has 1 atom stereocenters. The van der Waals surface area contributed by atoms with Crippen molar-refractivity contribution in [3.8, 4) is 17.2 Å². The lowest BCUT2D eigenvalue weighted by Crippen LogP contribution is -2.18. The zero-order valence-corrected chi connectivity index (χ0v) is 15.3. The third-order valence-electron chi connectivity index (χ3n) is 4.29. The monoisotopic (exact) mass is 393 g/mol. The molecule has 9 heteroatoms. The maximum Gasteiger partial charge on any atom is 0.338 e. The number of carbonyl (C=O) groups is 1. The molecule has 0 saturated heterocycles. The van der Waals surface area contributed by atoms with Crippen LogP contribution in [0.1, 0.15) is 24.5 Å². The number of nitrogens with zero attached hydrogens (tertiary/aromatic N) is 3. The highest BCUT2D eigenvalue weighted by Crippen LogP contribution is 2.28. The van der Waals surface area contributed by atoms with E-state index in [4.69, 9.17) is 13.9 Å². The van der Waals surface area contributed by atoms with Gasteiger partial charge in [0.2, 0.25) is 5.89 Å². The van der Waals surface area contributed by atoms with Crippen LogP contribution < -0.4 is 4.74 Å². The lowest BCUT2D eigenvalue weighted by Gasteiger charge is -2.18. The van der Waals surface area contributed by atoms with E-state index in [-0.39, 0.29) is 24.1 Å². The number of fused-ring (bicyclic) bond motifs is 1. The Morgan fingerprint density at radius 2 is 1.93 bits per heavy atom. The molecule has 0 fully saturated rings. The van der Waals surface area contributed by atoms with Crippen molar-refractivity contribution in [3.05, 3.63) is 75.7 Å². The highest BCUT2D eigenvalue weighted by molar-refractivity contribution is 5.95. The van der Waals surface area contributed by atoms with E-state index in [1.165, 1.54) is 24.3 Å². The number of ether oxygens (including phenoxy) is 2. The summed E-state index contributed by atoms with van der Waals surface area (Å²) in [6.07, 6.45) is 0.948. The summed E-state index contributed by atoms with van der Waals surface area (Å²) in [5, 5.41) is 18.6. The topological polar surface area (TPSA) is 118 Å². The van der Waals surface area contributed by atoms with Crippen LogP contribution in [-0.4, -0.2) is 27.7 Å². The van der Waals surface area contributed by atoms with Gasteiger partial charge in [0.15, 0.2) is 6.10 Å². The number of benzene rings is 2. The molecule has 146 valence electrons. The molecular weight excluding hydrogens is 378 g/mol. The van der Waals surface area contributed by atoms with Crippen LogP contribution in [0.25, 0.3) is 17.5 Å². The fourth-order valence-corrected chi connectivity index (χ4v) is 2.76. The molecule has 29 heavy (non-hydrogen) atoms. The van der Waals surface area contributed by atoms with Crippen molar-refractivity contribution >= 4 is 17.7 Å². The van der Waals surface area contributed by atoms with Crippen LogP contribution >= 0.6 is 0 Å². The van der Waals surface area contributed by atoms with E-state index < -0.39 is 17.0 Å². The van der Waals surface area contributed by atoms with Crippen molar-refractivity contribution in [3.63, 3.8) is 0 Å². The average Bonchev–Trinajstić information content (AvgIpc) is 3.24. The molecule has 0 bridgehead atoms. The number of nitro benzene ring substituents is 1. The Labute approximate surface area is 164 Å². The van der Waals surface area contributed by atoms with E-state index in [0.29, 0.717) is 16.9 Å². The smallest absolute Gasteiger partial charge is 0.338 e. The molecule has 0 radical (unpaired) electrons. The second-order valence-electron chi connectivity index (χ2n) is 6.29. The molecule has 3 aromatic rings. The number of carbonyl (C=O) groups excluding carboxylic acids is 1. The molecule has 0 saturated carbocycles. The van der Waals surface area contributed by atoms with Gasteiger partial charge in [-0.3, -0.25) is 10.1 Å². The van der Waals surface area contributed by atoms with Crippen LogP contribution in [0.4, 0.5) is 5.69 Å². The maximum atomic E-state index is 12.4. The van der Waals surface area contributed by atoms with Crippen LogP contribution in [0.2, 0.25) is 0 Å². The summed E-state index contributed by atoms with van der Waals surface area (Å²) >= 11 is 0. The van der Waals surface area contributed by atoms with Crippen molar-refractivity contribution in [2.75, 3.05) is 6.61 Å². The number of aromatic nitrogens is 2. The second kappa shape index (κ2) is 7.55. The maximum absolute atomic E-state index is 12.4. The first kappa shape index (κ1) is 18.4. The van der Waals surface area contributed by atoms with Gasteiger partial charge in [-0.2, -0.15) is 0 Å². The molecule has 1 aliphatic rings. The van der Waals surface area contributed by atoms with Gasteiger partial charge < -0.3 is 13.9 Å². The van der Waals surface area contributed by atoms with Gasteiger partial charge in [0.05, 0.1) is 10.5 Å². The summed E-state index contributed by atoms with van der Waals surface area (Å²) in [6.45, 7) is 1.73. The summed E-state index contributed by atoms with van der Waals surface area (Å²) in [6, 6.07) is 13.1. The average molecular weight is 393 g/mol. The zero-order valence-electron chi connectivity index (χ0n) is 15.3. The molecule has 1 unspecified atom stereocenters. The molecule has 4 rings (SSSR count). The minimum absolute atomic E-state index is 0.0414. The van der Waals surface area contributed by atoms with Gasteiger partial charge >= 0.3 is 5.97 Å². The number of rotatable bonds is 5. The number of para-hydroxylation sites is 1. The normalized spacial score (nSPS) is 13.6. The predicted molar refractivity (Wildman–Crippen MR) is 101 cm³/mol. The third-order valence-corrected chi connectivity index (χ3v) is 4.29. The Balaban J connectivity index is 1.45. The summed E-state index contributed by atoms with van der Waals surface area (Å²) in [5.41, 5.74) is 1.66. The Hall–Kier alpha value is -4.01. The summed E-state index contributed by atoms with van der Waals surface area (Å²) in [4.78, 5) is 22.7. The fraction of sp³-hybridized carbons (Fsp3) is 0.150.